The van der Waals surface area contributed by atoms with Crippen LogP contribution in [0.25, 0.3) is 0 Å². The van der Waals surface area contributed by atoms with Crippen molar-refractivity contribution in [1.82, 2.24) is 4.98 Å². The number of primary sulfonamides is 1. The maximum absolute atomic E-state index is 12.5. The van der Waals surface area contributed by atoms with Gasteiger partial charge in [0.1, 0.15) is 10.5 Å². The zero-order chi connectivity index (χ0) is 13.4. The minimum Gasteiger partial charge on any atom is -0.358 e. The summed E-state index contributed by atoms with van der Waals surface area (Å²) in [6.45, 7) is 1.13. The maximum Gasteiger partial charge on any atom is 0.372 e. The van der Waals surface area contributed by atoms with Gasteiger partial charge in [-0.2, -0.15) is 0 Å². The first-order valence-corrected chi connectivity index (χ1v) is 5.66. The molecule has 2 N–H and O–H groups in total. The van der Waals surface area contributed by atoms with Crippen LogP contribution in [-0.4, -0.2) is 18.3 Å². The molecule has 0 spiro atoms. The van der Waals surface area contributed by atoms with E-state index in [1.54, 1.807) is 0 Å². The summed E-state index contributed by atoms with van der Waals surface area (Å²) in [6, 6.07) is 0.473. The quantitative estimate of drug-likeness (QED) is 0.644. The molecule has 0 aliphatic rings. The lowest BCUT2D eigenvalue weighted by molar-refractivity contribution is -0.391. The number of nitro groups is 1. The van der Waals surface area contributed by atoms with Crippen LogP contribution < -0.4 is 5.14 Å². The Bertz CT molecular complexity index is 573. The maximum atomic E-state index is 12.5. The standard InChI is InChI=1S/C7H7F2N3O4S/c1-3-5(17(10,15)16)2-4(6(8)9)7(11-3)12(13)14/h2,6H,1H3,(H2,10,15,16). The second kappa shape index (κ2) is 4.30. The van der Waals surface area contributed by atoms with Crippen molar-refractivity contribution < 1.29 is 22.1 Å². The highest BCUT2D eigenvalue weighted by Crippen LogP contribution is 2.30. The molecule has 0 amide bonds. The molecule has 0 saturated heterocycles. The fourth-order valence-electron chi connectivity index (χ4n) is 1.18. The van der Waals surface area contributed by atoms with E-state index in [4.69, 9.17) is 5.14 Å². The van der Waals surface area contributed by atoms with Crippen molar-refractivity contribution in [2.45, 2.75) is 18.2 Å². The molecule has 0 unspecified atom stereocenters. The van der Waals surface area contributed by atoms with E-state index in [-0.39, 0.29) is 5.69 Å². The fourth-order valence-corrected chi connectivity index (χ4v) is 1.93. The zero-order valence-corrected chi connectivity index (χ0v) is 9.24. The average molecular weight is 267 g/mol. The first kappa shape index (κ1) is 13.4. The van der Waals surface area contributed by atoms with Crippen LogP contribution in [0.3, 0.4) is 0 Å². The fraction of sp³-hybridized carbons (Fsp3) is 0.286. The van der Waals surface area contributed by atoms with Crippen LogP contribution in [0.15, 0.2) is 11.0 Å². The Hall–Kier alpha value is -1.68. The van der Waals surface area contributed by atoms with Gasteiger partial charge >= 0.3 is 5.82 Å². The van der Waals surface area contributed by atoms with E-state index in [0.29, 0.717) is 6.07 Å². The first-order chi connectivity index (χ1) is 7.64. The molecule has 0 atom stereocenters. The van der Waals surface area contributed by atoms with Crippen molar-refractivity contribution in [3.05, 3.63) is 27.4 Å². The molecule has 0 aliphatic heterocycles. The third-order valence-electron chi connectivity index (χ3n) is 1.89. The summed E-state index contributed by atoms with van der Waals surface area (Å²) in [5, 5.41) is 15.2. The number of halogens is 2. The third-order valence-corrected chi connectivity index (χ3v) is 2.92. The predicted octanol–water partition coefficient (Wildman–Crippen LogP) is 0.883. The number of hydrogen-bond donors (Lipinski definition) is 1. The molecule has 0 aliphatic carbocycles. The number of nitrogens with two attached hydrogens (primary N) is 1. The molecule has 1 aromatic rings. The molecule has 17 heavy (non-hydrogen) atoms. The van der Waals surface area contributed by atoms with Gasteiger partial charge in [-0.1, -0.05) is 0 Å². The predicted molar refractivity (Wildman–Crippen MR) is 52.0 cm³/mol. The summed E-state index contributed by atoms with van der Waals surface area (Å²) in [4.78, 5) is 11.9. The molecule has 0 bridgehead atoms. The van der Waals surface area contributed by atoms with Gasteiger partial charge < -0.3 is 10.1 Å². The Balaban J connectivity index is 3.63. The first-order valence-electron chi connectivity index (χ1n) is 4.11. The summed E-state index contributed by atoms with van der Waals surface area (Å²) >= 11 is 0. The van der Waals surface area contributed by atoms with Crippen LogP contribution in [0.1, 0.15) is 17.7 Å². The summed E-state index contributed by atoms with van der Waals surface area (Å²) in [5.74, 6) is -1.08. The van der Waals surface area contributed by atoms with Gasteiger partial charge in [0.05, 0.1) is 0 Å². The molecule has 0 aromatic carbocycles. The minimum absolute atomic E-state index is 0.302. The van der Waals surface area contributed by atoms with Gasteiger partial charge in [-0.25, -0.2) is 22.3 Å². The molecule has 10 heteroatoms. The second-order valence-corrected chi connectivity index (χ2v) is 4.62. The number of hydrogen-bond acceptors (Lipinski definition) is 5. The Labute approximate surface area is 94.5 Å². The number of rotatable bonds is 3. The summed E-state index contributed by atoms with van der Waals surface area (Å²) in [6.07, 6.45) is -3.22. The number of aryl methyl sites for hydroxylation is 1. The summed E-state index contributed by atoms with van der Waals surface area (Å²) in [7, 11) is -4.25. The summed E-state index contributed by atoms with van der Waals surface area (Å²) in [5.41, 5.74) is -1.38. The zero-order valence-electron chi connectivity index (χ0n) is 8.42. The summed E-state index contributed by atoms with van der Waals surface area (Å²) < 4.78 is 47.1. The smallest absolute Gasteiger partial charge is 0.358 e. The molecule has 7 nitrogen and oxygen atoms in total. The SMILES string of the molecule is Cc1nc([N+](=O)[O-])c(C(F)F)cc1S(N)(=O)=O. The van der Waals surface area contributed by atoms with Gasteiger partial charge in [0.15, 0.2) is 5.69 Å². The number of sulfonamides is 1. The van der Waals surface area contributed by atoms with Gasteiger partial charge in [0.25, 0.3) is 6.43 Å². The van der Waals surface area contributed by atoms with Gasteiger partial charge in [0, 0.05) is 6.92 Å². The molecule has 0 saturated carbocycles. The number of pyridine rings is 1. The Kier molecular flexibility index (Phi) is 3.38. The minimum atomic E-state index is -4.25. The van der Waals surface area contributed by atoms with Crippen molar-refractivity contribution in [2.24, 2.45) is 5.14 Å². The Morgan fingerprint density at radius 2 is 2.06 bits per heavy atom. The number of alkyl halides is 2. The topological polar surface area (TPSA) is 116 Å². The molecule has 0 fully saturated rings. The third kappa shape index (κ3) is 2.71. The van der Waals surface area contributed by atoms with Crippen LogP contribution >= 0.6 is 0 Å². The molecule has 0 radical (unpaired) electrons. The van der Waals surface area contributed by atoms with Gasteiger partial charge in [-0.05, 0) is 16.0 Å². The van der Waals surface area contributed by atoms with Crippen LogP contribution in [-0.2, 0) is 10.0 Å². The van der Waals surface area contributed by atoms with Crippen molar-refractivity contribution in [2.75, 3.05) is 0 Å². The Morgan fingerprint density at radius 1 is 1.53 bits per heavy atom. The van der Waals surface area contributed by atoms with Crippen molar-refractivity contribution in [3.8, 4) is 0 Å². The highest BCUT2D eigenvalue weighted by molar-refractivity contribution is 7.89. The normalized spacial score (nSPS) is 11.8. The molecular weight excluding hydrogens is 260 g/mol. The van der Waals surface area contributed by atoms with Crippen LogP contribution in [0, 0.1) is 17.0 Å². The lowest BCUT2D eigenvalue weighted by atomic mass is 10.2. The van der Waals surface area contributed by atoms with Gasteiger partial charge in [-0.3, -0.25) is 0 Å². The molecule has 1 heterocycles. The van der Waals surface area contributed by atoms with Crippen LogP contribution in [0.4, 0.5) is 14.6 Å². The Morgan fingerprint density at radius 3 is 2.41 bits per heavy atom. The van der Waals surface area contributed by atoms with E-state index >= 15 is 0 Å². The van der Waals surface area contributed by atoms with E-state index in [0.717, 1.165) is 6.92 Å². The number of nitrogens with zero attached hydrogens (tertiary/aromatic N) is 2. The van der Waals surface area contributed by atoms with Crippen molar-refractivity contribution >= 4 is 15.8 Å². The van der Waals surface area contributed by atoms with E-state index < -0.39 is 37.6 Å². The van der Waals surface area contributed by atoms with Crippen LogP contribution in [0.2, 0.25) is 0 Å². The molecular formula is C7H7F2N3O4S. The van der Waals surface area contributed by atoms with E-state index in [2.05, 4.69) is 4.98 Å². The highest BCUT2D eigenvalue weighted by Gasteiger charge is 2.29. The molecule has 1 aromatic heterocycles. The average Bonchev–Trinajstić information content (AvgIpc) is 2.14. The second-order valence-electron chi connectivity index (χ2n) is 3.09. The van der Waals surface area contributed by atoms with Crippen molar-refractivity contribution in [3.63, 3.8) is 0 Å². The van der Waals surface area contributed by atoms with Gasteiger partial charge in [-0.15, -0.1) is 0 Å². The molecule has 1 rings (SSSR count). The molecule has 94 valence electrons. The van der Waals surface area contributed by atoms with Crippen molar-refractivity contribution in [1.29, 1.82) is 0 Å². The van der Waals surface area contributed by atoms with E-state index in [1.165, 1.54) is 0 Å². The monoisotopic (exact) mass is 267 g/mol. The number of aromatic nitrogens is 1. The lowest BCUT2D eigenvalue weighted by Crippen LogP contribution is -2.16. The van der Waals surface area contributed by atoms with E-state index in [1.807, 2.05) is 0 Å². The largest absolute Gasteiger partial charge is 0.372 e. The highest BCUT2D eigenvalue weighted by atomic mass is 32.2. The van der Waals surface area contributed by atoms with E-state index in [9.17, 15) is 27.3 Å². The van der Waals surface area contributed by atoms with Crippen LogP contribution in [0.5, 0.6) is 0 Å². The lowest BCUT2D eigenvalue weighted by Gasteiger charge is -2.05. The van der Waals surface area contributed by atoms with Gasteiger partial charge in [0.2, 0.25) is 10.0 Å².